The van der Waals surface area contributed by atoms with E-state index in [1.54, 1.807) is 36.4 Å². The summed E-state index contributed by atoms with van der Waals surface area (Å²) in [6.45, 7) is 0.110. The summed E-state index contributed by atoms with van der Waals surface area (Å²) in [6.07, 6.45) is 0. The zero-order chi connectivity index (χ0) is 14.5. The molecule has 0 aliphatic carbocycles. The first-order chi connectivity index (χ1) is 9.59. The van der Waals surface area contributed by atoms with Crippen molar-refractivity contribution in [1.82, 2.24) is 0 Å². The molecule has 2 aromatic rings. The number of aliphatic carboxylic acids is 1. The Labute approximate surface area is 124 Å². The van der Waals surface area contributed by atoms with Crippen molar-refractivity contribution in [2.75, 3.05) is 11.9 Å². The molecule has 0 spiro atoms. The van der Waals surface area contributed by atoms with E-state index in [9.17, 15) is 14.3 Å². The molecule has 0 fully saturated rings. The number of nitrogens with one attached hydrogen (secondary N) is 1. The number of hydrogen-bond acceptors (Lipinski definition) is 2. The molecule has 0 aliphatic rings. The quantitative estimate of drug-likeness (QED) is 0.870. The van der Waals surface area contributed by atoms with Crippen molar-refractivity contribution >= 4 is 27.6 Å². The Balaban J connectivity index is 2.17. The summed E-state index contributed by atoms with van der Waals surface area (Å²) < 4.78 is 14.2. The molecule has 3 nitrogen and oxygen atoms in total. The molecular weight excluding hydrogens is 325 g/mol. The van der Waals surface area contributed by atoms with Crippen LogP contribution in [0.1, 0.15) is 11.5 Å². The van der Waals surface area contributed by atoms with Crippen molar-refractivity contribution in [3.63, 3.8) is 0 Å². The number of para-hydroxylation sites is 1. The minimum atomic E-state index is -0.948. The maximum absolute atomic E-state index is 13.7. The van der Waals surface area contributed by atoms with Crippen LogP contribution in [0.25, 0.3) is 0 Å². The van der Waals surface area contributed by atoms with Gasteiger partial charge in [0.05, 0.1) is 11.6 Å². The molecular formula is C15H13BrFNO2. The van der Waals surface area contributed by atoms with E-state index in [0.29, 0.717) is 10.0 Å². The molecule has 2 aromatic carbocycles. The van der Waals surface area contributed by atoms with Crippen LogP contribution in [0.2, 0.25) is 0 Å². The standard InChI is InChI=1S/C15H13BrFNO2/c16-12-7-4-8-13(17)14(12)18-9-11(15(19)20)10-5-2-1-3-6-10/h1-8,11,18H,9H2,(H,19,20). The van der Waals surface area contributed by atoms with Crippen LogP contribution < -0.4 is 5.32 Å². The second-order valence-corrected chi connectivity index (χ2v) is 5.13. The number of carbonyl (C=O) groups is 1. The van der Waals surface area contributed by atoms with E-state index in [2.05, 4.69) is 21.2 Å². The van der Waals surface area contributed by atoms with Gasteiger partial charge < -0.3 is 10.4 Å². The Morgan fingerprint density at radius 2 is 1.90 bits per heavy atom. The van der Waals surface area contributed by atoms with Crippen molar-refractivity contribution in [3.05, 3.63) is 64.4 Å². The van der Waals surface area contributed by atoms with Crippen LogP contribution in [0.5, 0.6) is 0 Å². The fourth-order valence-electron chi connectivity index (χ4n) is 1.90. The number of benzene rings is 2. The van der Waals surface area contributed by atoms with Crippen LogP contribution in [-0.4, -0.2) is 17.6 Å². The Bertz CT molecular complexity index is 584. The summed E-state index contributed by atoms with van der Waals surface area (Å²) in [5.74, 6) is -2.10. The van der Waals surface area contributed by atoms with Crippen molar-refractivity contribution < 1.29 is 14.3 Å². The normalized spacial score (nSPS) is 11.9. The number of anilines is 1. The van der Waals surface area contributed by atoms with Gasteiger partial charge in [0.15, 0.2) is 0 Å². The molecule has 0 amide bonds. The van der Waals surface area contributed by atoms with E-state index >= 15 is 0 Å². The molecule has 0 radical (unpaired) electrons. The molecule has 1 unspecified atom stereocenters. The number of halogens is 2. The first-order valence-corrected chi connectivity index (χ1v) is 6.84. The number of hydrogen-bond donors (Lipinski definition) is 2. The van der Waals surface area contributed by atoms with Crippen molar-refractivity contribution in [2.24, 2.45) is 0 Å². The third-order valence-electron chi connectivity index (χ3n) is 2.95. The predicted molar refractivity (Wildman–Crippen MR) is 79.4 cm³/mol. The molecule has 20 heavy (non-hydrogen) atoms. The van der Waals surface area contributed by atoms with E-state index in [1.165, 1.54) is 6.07 Å². The van der Waals surface area contributed by atoms with Gasteiger partial charge >= 0.3 is 5.97 Å². The molecule has 5 heteroatoms. The van der Waals surface area contributed by atoms with Crippen LogP contribution in [-0.2, 0) is 4.79 Å². The molecule has 0 saturated carbocycles. The maximum Gasteiger partial charge on any atom is 0.312 e. The zero-order valence-electron chi connectivity index (χ0n) is 10.5. The van der Waals surface area contributed by atoms with Gasteiger partial charge in [0.2, 0.25) is 0 Å². The van der Waals surface area contributed by atoms with Gasteiger partial charge in [0.25, 0.3) is 0 Å². The Kier molecular flexibility index (Phi) is 4.74. The lowest BCUT2D eigenvalue weighted by atomic mass is 9.99. The lowest BCUT2D eigenvalue weighted by Gasteiger charge is -2.16. The average molecular weight is 338 g/mol. The summed E-state index contributed by atoms with van der Waals surface area (Å²) in [5, 5.41) is 12.2. The van der Waals surface area contributed by atoms with Gasteiger partial charge in [0.1, 0.15) is 5.82 Å². The Hall–Kier alpha value is -1.88. The van der Waals surface area contributed by atoms with Gasteiger partial charge in [-0.1, -0.05) is 36.4 Å². The highest BCUT2D eigenvalue weighted by atomic mass is 79.9. The molecule has 2 N–H and O–H groups in total. The second kappa shape index (κ2) is 6.52. The molecule has 0 aliphatic heterocycles. The van der Waals surface area contributed by atoms with Crippen molar-refractivity contribution in [1.29, 1.82) is 0 Å². The van der Waals surface area contributed by atoms with E-state index < -0.39 is 17.7 Å². The molecule has 0 bridgehead atoms. The van der Waals surface area contributed by atoms with Gasteiger partial charge in [-0.2, -0.15) is 0 Å². The lowest BCUT2D eigenvalue weighted by Crippen LogP contribution is -2.21. The molecule has 0 aromatic heterocycles. The van der Waals surface area contributed by atoms with Gasteiger partial charge in [-0.25, -0.2) is 4.39 Å². The largest absolute Gasteiger partial charge is 0.481 e. The van der Waals surface area contributed by atoms with Crippen LogP contribution in [0.15, 0.2) is 53.0 Å². The minimum absolute atomic E-state index is 0.110. The summed E-state index contributed by atoms with van der Waals surface area (Å²) >= 11 is 3.24. The summed E-state index contributed by atoms with van der Waals surface area (Å²) in [6, 6.07) is 13.5. The first-order valence-electron chi connectivity index (χ1n) is 6.05. The predicted octanol–water partition coefficient (Wildman–Crippen LogP) is 3.87. The topological polar surface area (TPSA) is 49.3 Å². The van der Waals surface area contributed by atoms with Gasteiger partial charge in [-0.05, 0) is 33.6 Å². The monoisotopic (exact) mass is 337 g/mol. The van der Waals surface area contributed by atoms with Crippen molar-refractivity contribution in [3.8, 4) is 0 Å². The Morgan fingerprint density at radius 1 is 1.20 bits per heavy atom. The van der Waals surface area contributed by atoms with Gasteiger partial charge in [-0.15, -0.1) is 0 Å². The fraction of sp³-hybridized carbons (Fsp3) is 0.133. The summed E-state index contributed by atoms with van der Waals surface area (Å²) in [7, 11) is 0. The van der Waals surface area contributed by atoms with Crippen LogP contribution in [0.4, 0.5) is 10.1 Å². The summed E-state index contributed by atoms with van der Waals surface area (Å²) in [5.41, 5.74) is 0.953. The van der Waals surface area contributed by atoms with Crippen LogP contribution >= 0.6 is 15.9 Å². The highest BCUT2D eigenvalue weighted by Crippen LogP contribution is 2.26. The zero-order valence-corrected chi connectivity index (χ0v) is 12.1. The Morgan fingerprint density at radius 3 is 2.50 bits per heavy atom. The van der Waals surface area contributed by atoms with E-state index in [0.717, 1.165) is 0 Å². The molecule has 2 rings (SSSR count). The second-order valence-electron chi connectivity index (χ2n) is 4.28. The highest BCUT2D eigenvalue weighted by Gasteiger charge is 2.20. The molecule has 0 heterocycles. The molecule has 1 atom stereocenters. The first kappa shape index (κ1) is 14.5. The minimum Gasteiger partial charge on any atom is -0.481 e. The number of carboxylic acid groups (broad SMARTS) is 1. The van der Waals surface area contributed by atoms with Gasteiger partial charge in [-0.3, -0.25) is 4.79 Å². The number of carboxylic acids is 1. The van der Waals surface area contributed by atoms with E-state index in [1.807, 2.05) is 6.07 Å². The van der Waals surface area contributed by atoms with Crippen molar-refractivity contribution in [2.45, 2.75) is 5.92 Å². The van der Waals surface area contributed by atoms with Crippen LogP contribution in [0, 0.1) is 5.82 Å². The molecule has 104 valence electrons. The maximum atomic E-state index is 13.7. The average Bonchev–Trinajstić information content (AvgIpc) is 2.43. The van der Waals surface area contributed by atoms with E-state index in [4.69, 9.17) is 0 Å². The lowest BCUT2D eigenvalue weighted by molar-refractivity contribution is -0.138. The number of rotatable bonds is 5. The van der Waals surface area contributed by atoms with Gasteiger partial charge in [0, 0.05) is 11.0 Å². The summed E-state index contributed by atoms with van der Waals surface area (Å²) in [4.78, 5) is 11.3. The van der Waals surface area contributed by atoms with Crippen LogP contribution in [0.3, 0.4) is 0 Å². The smallest absolute Gasteiger partial charge is 0.312 e. The third kappa shape index (κ3) is 3.36. The SMILES string of the molecule is O=C(O)C(CNc1c(F)cccc1Br)c1ccccc1. The fourth-order valence-corrected chi connectivity index (χ4v) is 2.39. The third-order valence-corrected chi connectivity index (χ3v) is 3.61. The molecule has 0 saturated heterocycles. The van der Waals surface area contributed by atoms with E-state index in [-0.39, 0.29) is 12.2 Å². The highest BCUT2D eigenvalue weighted by molar-refractivity contribution is 9.10.